The third kappa shape index (κ3) is 4.32. The summed E-state index contributed by atoms with van der Waals surface area (Å²) in [6, 6.07) is 4.49. The Balaban J connectivity index is 3.45. The van der Waals surface area contributed by atoms with Crippen LogP contribution in [-0.4, -0.2) is 16.7 Å². The van der Waals surface area contributed by atoms with Gasteiger partial charge in [-0.2, -0.15) is 0 Å². The highest BCUT2D eigenvalue weighted by atomic mass is 35.5. The molecule has 0 aromatic heterocycles. The zero-order valence-corrected chi connectivity index (χ0v) is 13.8. The van der Waals surface area contributed by atoms with E-state index in [0.717, 1.165) is 0 Å². The van der Waals surface area contributed by atoms with Gasteiger partial charge in [0.2, 0.25) is 0 Å². The molecule has 0 fully saturated rings. The van der Waals surface area contributed by atoms with E-state index in [1.807, 2.05) is 6.92 Å². The Kier molecular flexibility index (Phi) is 6.43. The highest BCUT2D eigenvalue weighted by Gasteiger charge is 2.26. The van der Waals surface area contributed by atoms with E-state index in [1.165, 1.54) is 12.1 Å². The van der Waals surface area contributed by atoms with Crippen molar-refractivity contribution in [3.63, 3.8) is 0 Å². The third-order valence-corrected chi connectivity index (χ3v) is 3.50. The normalized spacial score (nSPS) is 12.3. The number of halogens is 2. The lowest BCUT2D eigenvalue weighted by Gasteiger charge is -2.12. The molecule has 0 saturated heterocycles. The Morgan fingerprint density at radius 1 is 1.24 bits per heavy atom. The van der Waals surface area contributed by atoms with Gasteiger partial charge in [0.25, 0.3) is 0 Å². The number of Topliss-reactive ketones (excluding diaryl/α,β-unsaturated/α-hetero) is 2. The Hall–Kier alpha value is -1.32. The highest BCUT2D eigenvalue weighted by Crippen LogP contribution is 2.29. The smallest absolute Gasteiger partial charge is 0.172 e. The predicted octanol–water partition coefficient (Wildman–Crippen LogP) is 4.86. The molecule has 21 heavy (non-hydrogen) atoms. The number of aliphatic hydroxyl groups is 1. The second-order valence-corrected chi connectivity index (χ2v) is 5.88. The molecule has 0 radical (unpaired) electrons. The van der Waals surface area contributed by atoms with Crippen LogP contribution >= 0.6 is 23.2 Å². The van der Waals surface area contributed by atoms with Gasteiger partial charge in [-0.05, 0) is 24.6 Å². The van der Waals surface area contributed by atoms with Crippen molar-refractivity contribution in [3.05, 3.63) is 39.4 Å². The summed E-state index contributed by atoms with van der Waals surface area (Å²) in [5.41, 5.74) is 0.0468. The molecule has 3 nitrogen and oxygen atoms in total. The van der Waals surface area contributed by atoms with Crippen LogP contribution in [0.5, 0.6) is 0 Å². The molecule has 0 saturated carbocycles. The fraction of sp³-hybridized carbons (Fsp3) is 0.375. The summed E-state index contributed by atoms with van der Waals surface area (Å²) in [7, 11) is 0. The Morgan fingerprint density at radius 3 is 2.33 bits per heavy atom. The molecular formula is C16H18Cl2O3. The van der Waals surface area contributed by atoms with Crippen LogP contribution in [0.1, 0.15) is 39.2 Å². The molecule has 0 atom stereocenters. The van der Waals surface area contributed by atoms with Crippen LogP contribution < -0.4 is 0 Å². The van der Waals surface area contributed by atoms with E-state index in [4.69, 9.17) is 23.2 Å². The first kappa shape index (κ1) is 17.7. The zero-order chi connectivity index (χ0) is 16.2. The minimum atomic E-state index is -0.394. The summed E-state index contributed by atoms with van der Waals surface area (Å²) in [5, 5.41) is 11.0. The summed E-state index contributed by atoms with van der Waals surface area (Å²) in [5.74, 6) is -1.54. The number of allylic oxidation sites excluding steroid dienone is 1. The van der Waals surface area contributed by atoms with Gasteiger partial charge in [-0.3, -0.25) is 9.59 Å². The quantitative estimate of drug-likeness (QED) is 0.351. The minimum absolute atomic E-state index is 0.184. The van der Waals surface area contributed by atoms with Gasteiger partial charge >= 0.3 is 0 Å². The van der Waals surface area contributed by atoms with Crippen LogP contribution in [0, 0.1) is 5.92 Å². The van der Waals surface area contributed by atoms with E-state index >= 15 is 0 Å². The van der Waals surface area contributed by atoms with Gasteiger partial charge in [0, 0.05) is 22.9 Å². The lowest BCUT2D eigenvalue weighted by Crippen LogP contribution is -2.19. The van der Waals surface area contributed by atoms with Crippen molar-refractivity contribution in [2.75, 3.05) is 0 Å². The van der Waals surface area contributed by atoms with Crippen molar-refractivity contribution >= 4 is 40.5 Å². The average Bonchev–Trinajstić information content (AvgIpc) is 2.38. The summed E-state index contributed by atoms with van der Waals surface area (Å²) >= 11 is 11.8. The van der Waals surface area contributed by atoms with Crippen LogP contribution in [0.4, 0.5) is 0 Å². The van der Waals surface area contributed by atoms with E-state index in [-0.39, 0.29) is 34.1 Å². The first-order valence-corrected chi connectivity index (χ1v) is 7.51. The maximum Gasteiger partial charge on any atom is 0.172 e. The number of ketones is 2. The second kappa shape index (κ2) is 7.62. The van der Waals surface area contributed by atoms with E-state index in [9.17, 15) is 14.7 Å². The van der Waals surface area contributed by atoms with Crippen molar-refractivity contribution in [2.24, 2.45) is 5.92 Å². The van der Waals surface area contributed by atoms with Crippen molar-refractivity contribution in [1.29, 1.82) is 0 Å². The number of hydrogen-bond donors (Lipinski definition) is 1. The van der Waals surface area contributed by atoms with Gasteiger partial charge in [-0.1, -0.05) is 44.0 Å². The molecule has 0 heterocycles. The molecule has 1 aromatic rings. The third-order valence-electron chi connectivity index (χ3n) is 2.95. The summed E-state index contributed by atoms with van der Waals surface area (Å²) in [6.45, 7) is 5.19. The predicted molar refractivity (Wildman–Crippen MR) is 85.8 cm³/mol. The average molecular weight is 329 g/mol. The number of rotatable bonds is 6. The molecule has 114 valence electrons. The maximum atomic E-state index is 12.2. The SMILES string of the molecule is CCCC(=O)C(C(=O)C(C)C)=C(O)c1ccc(Cl)cc1Cl. The van der Waals surface area contributed by atoms with Crippen LogP contribution in [0.25, 0.3) is 5.76 Å². The van der Waals surface area contributed by atoms with Gasteiger partial charge in [0.05, 0.1) is 5.02 Å². The zero-order valence-electron chi connectivity index (χ0n) is 12.2. The molecule has 1 aromatic carbocycles. The Bertz CT molecular complexity index is 589. The number of benzene rings is 1. The van der Waals surface area contributed by atoms with Crippen LogP contribution in [-0.2, 0) is 9.59 Å². The van der Waals surface area contributed by atoms with E-state index < -0.39 is 11.7 Å². The lowest BCUT2D eigenvalue weighted by molar-refractivity contribution is -0.123. The van der Waals surface area contributed by atoms with Crippen molar-refractivity contribution < 1.29 is 14.7 Å². The largest absolute Gasteiger partial charge is 0.506 e. The molecule has 0 bridgehead atoms. The van der Waals surface area contributed by atoms with Gasteiger partial charge in [-0.15, -0.1) is 0 Å². The van der Waals surface area contributed by atoms with Gasteiger partial charge in [-0.25, -0.2) is 0 Å². The number of aliphatic hydroxyl groups excluding tert-OH is 1. The summed E-state index contributed by atoms with van der Waals surface area (Å²) < 4.78 is 0. The Labute approximate surface area is 134 Å². The molecule has 1 rings (SSSR count). The topological polar surface area (TPSA) is 54.4 Å². The Morgan fingerprint density at radius 2 is 1.86 bits per heavy atom. The molecular weight excluding hydrogens is 311 g/mol. The monoisotopic (exact) mass is 328 g/mol. The van der Waals surface area contributed by atoms with Crippen LogP contribution in [0.3, 0.4) is 0 Å². The molecule has 0 aliphatic carbocycles. The van der Waals surface area contributed by atoms with E-state index in [1.54, 1.807) is 19.9 Å². The first-order chi connectivity index (χ1) is 9.79. The number of carbonyl (C=O) groups is 2. The van der Waals surface area contributed by atoms with Gasteiger partial charge < -0.3 is 5.11 Å². The first-order valence-electron chi connectivity index (χ1n) is 6.75. The minimum Gasteiger partial charge on any atom is -0.506 e. The van der Waals surface area contributed by atoms with Crippen LogP contribution in [0.15, 0.2) is 23.8 Å². The molecule has 1 N–H and O–H groups in total. The summed E-state index contributed by atoms with van der Waals surface area (Å²) in [4.78, 5) is 24.4. The van der Waals surface area contributed by atoms with E-state index in [0.29, 0.717) is 11.4 Å². The molecule has 0 aliphatic rings. The molecule has 0 spiro atoms. The van der Waals surface area contributed by atoms with Crippen LogP contribution in [0.2, 0.25) is 10.0 Å². The fourth-order valence-corrected chi connectivity index (χ4v) is 2.34. The fourth-order valence-electron chi connectivity index (χ4n) is 1.84. The highest BCUT2D eigenvalue weighted by molar-refractivity contribution is 6.36. The number of hydrogen-bond acceptors (Lipinski definition) is 3. The standard InChI is InChI=1S/C16H18Cl2O3/c1-4-5-13(19)14(15(20)9(2)3)16(21)11-7-6-10(17)8-12(11)18/h6-9,21H,4-5H2,1-3H3. The summed E-state index contributed by atoms with van der Waals surface area (Å²) in [6.07, 6.45) is 0.790. The van der Waals surface area contributed by atoms with Crippen molar-refractivity contribution in [1.82, 2.24) is 0 Å². The van der Waals surface area contributed by atoms with Gasteiger partial charge in [0.1, 0.15) is 11.3 Å². The number of carbonyl (C=O) groups excluding carboxylic acids is 2. The molecule has 0 aliphatic heterocycles. The maximum absolute atomic E-state index is 12.2. The molecule has 0 unspecified atom stereocenters. The molecule has 0 amide bonds. The molecule has 5 heteroatoms. The second-order valence-electron chi connectivity index (χ2n) is 5.04. The van der Waals surface area contributed by atoms with E-state index in [2.05, 4.69) is 0 Å². The van der Waals surface area contributed by atoms with Crippen molar-refractivity contribution in [3.8, 4) is 0 Å². The lowest BCUT2D eigenvalue weighted by atomic mass is 9.92. The van der Waals surface area contributed by atoms with Gasteiger partial charge in [0.15, 0.2) is 11.6 Å². The van der Waals surface area contributed by atoms with Crippen molar-refractivity contribution in [2.45, 2.75) is 33.6 Å².